The third-order valence-electron chi connectivity index (χ3n) is 2.33. The largest absolute Gasteiger partial charge is 0.353 e. The van der Waals surface area contributed by atoms with Gasteiger partial charge in [0.25, 0.3) is 5.91 Å². The van der Waals surface area contributed by atoms with Crippen molar-refractivity contribution < 1.29 is 9.59 Å². The van der Waals surface area contributed by atoms with E-state index in [1.165, 1.54) is 16.7 Å². The summed E-state index contributed by atoms with van der Waals surface area (Å²) >= 11 is 1.38. The van der Waals surface area contributed by atoms with Crippen molar-refractivity contribution in [2.45, 2.75) is 24.8 Å². The summed E-state index contributed by atoms with van der Waals surface area (Å²) in [6, 6.07) is 7.48. The predicted octanol–water partition coefficient (Wildman–Crippen LogP) is 2.01. The molecule has 0 aliphatic rings. The second-order valence-electron chi connectivity index (χ2n) is 4.71. The fraction of sp³-hybridized carbons (Fsp3) is 0.429. The summed E-state index contributed by atoms with van der Waals surface area (Å²) in [6.45, 7) is 3.85. The van der Waals surface area contributed by atoms with Gasteiger partial charge in [-0.1, -0.05) is 12.1 Å². The van der Waals surface area contributed by atoms with Crippen molar-refractivity contribution in [3.63, 3.8) is 0 Å². The average molecular weight is 280 g/mol. The normalized spacial score (nSPS) is 10.4. The zero-order chi connectivity index (χ0) is 14.4. The van der Waals surface area contributed by atoms with E-state index in [1.54, 1.807) is 20.2 Å². The van der Waals surface area contributed by atoms with Crippen LogP contribution in [0.4, 0.5) is 0 Å². The fourth-order valence-corrected chi connectivity index (χ4v) is 2.37. The topological polar surface area (TPSA) is 49.4 Å². The van der Waals surface area contributed by atoms with E-state index in [0.29, 0.717) is 11.3 Å². The maximum Gasteiger partial charge on any atom is 0.254 e. The van der Waals surface area contributed by atoms with Gasteiger partial charge in [0.1, 0.15) is 0 Å². The van der Waals surface area contributed by atoms with Crippen molar-refractivity contribution in [3.05, 3.63) is 29.8 Å². The van der Waals surface area contributed by atoms with E-state index in [0.717, 1.165) is 4.90 Å². The first kappa shape index (κ1) is 15.6. The molecule has 0 saturated carbocycles. The highest BCUT2D eigenvalue weighted by Gasteiger charge is 2.14. The number of amides is 2. The Morgan fingerprint density at radius 2 is 1.89 bits per heavy atom. The van der Waals surface area contributed by atoms with Gasteiger partial charge < -0.3 is 10.2 Å². The highest BCUT2D eigenvalue weighted by Crippen LogP contribution is 2.23. The summed E-state index contributed by atoms with van der Waals surface area (Å²) in [7, 11) is 3.44. The van der Waals surface area contributed by atoms with E-state index in [1.807, 2.05) is 32.0 Å². The molecule has 5 heteroatoms. The van der Waals surface area contributed by atoms with Gasteiger partial charge in [0.15, 0.2) is 0 Å². The molecule has 1 aromatic carbocycles. The van der Waals surface area contributed by atoms with Crippen molar-refractivity contribution in [3.8, 4) is 0 Å². The van der Waals surface area contributed by atoms with Crippen molar-refractivity contribution >= 4 is 23.6 Å². The zero-order valence-electron chi connectivity index (χ0n) is 11.8. The molecule has 0 aromatic heterocycles. The van der Waals surface area contributed by atoms with Crippen molar-refractivity contribution in [1.29, 1.82) is 0 Å². The highest BCUT2D eigenvalue weighted by molar-refractivity contribution is 8.00. The summed E-state index contributed by atoms with van der Waals surface area (Å²) in [6.07, 6.45) is 0. The molecule has 4 nitrogen and oxygen atoms in total. The van der Waals surface area contributed by atoms with E-state index in [9.17, 15) is 9.59 Å². The Hall–Kier alpha value is -1.49. The molecule has 0 unspecified atom stereocenters. The Morgan fingerprint density at radius 1 is 1.26 bits per heavy atom. The van der Waals surface area contributed by atoms with Gasteiger partial charge in [0.05, 0.1) is 11.3 Å². The second kappa shape index (κ2) is 7.19. The molecule has 0 atom stereocenters. The molecule has 0 spiro atoms. The van der Waals surface area contributed by atoms with Crippen LogP contribution < -0.4 is 5.32 Å². The molecule has 0 saturated heterocycles. The third kappa shape index (κ3) is 4.95. The molecule has 104 valence electrons. The molecular formula is C14H20N2O2S. The van der Waals surface area contributed by atoms with Gasteiger partial charge in [-0.3, -0.25) is 9.59 Å². The zero-order valence-corrected chi connectivity index (χ0v) is 12.6. The van der Waals surface area contributed by atoms with Gasteiger partial charge in [-0.25, -0.2) is 0 Å². The molecular weight excluding hydrogens is 260 g/mol. The van der Waals surface area contributed by atoms with Crippen molar-refractivity contribution in [2.75, 3.05) is 19.8 Å². The molecule has 0 bridgehead atoms. The maximum absolute atomic E-state index is 12.0. The SMILES string of the molecule is CC(C)NC(=O)CSc1ccccc1C(=O)N(C)C. The van der Waals surface area contributed by atoms with E-state index in [4.69, 9.17) is 0 Å². The van der Waals surface area contributed by atoms with E-state index in [-0.39, 0.29) is 17.9 Å². The van der Waals surface area contributed by atoms with Gasteiger partial charge >= 0.3 is 0 Å². The minimum atomic E-state index is -0.0487. The Morgan fingerprint density at radius 3 is 2.47 bits per heavy atom. The molecule has 19 heavy (non-hydrogen) atoms. The predicted molar refractivity (Wildman–Crippen MR) is 78.5 cm³/mol. The number of hydrogen-bond donors (Lipinski definition) is 1. The van der Waals surface area contributed by atoms with Crippen LogP contribution in [-0.2, 0) is 4.79 Å². The van der Waals surface area contributed by atoms with Crippen LogP contribution in [0.3, 0.4) is 0 Å². The number of nitrogens with zero attached hydrogens (tertiary/aromatic N) is 1. The standard InChI is InChI=1S/C14H20N2O2S/c1-10(2)15-13(17)9-19-12-8-6-5-7-11(12)14(18)16(3)4/h5-8,10H,9H2,1-4H3,(H,15,17). The minimum Gasteiger partial charge on any atom is -0.353 e. The molecule has 1 N–H and O–H groups in total. The van der Waals surface area contributed by atoms with E-state index < -0.39 is 0 Å². The van der Waals surface area contributed by atoms with Crippen LogP contribution in [0.15, 0.2) is 29.2 Å². The van der Waals surface area contributed by atoms with Crippen LogP contribution in [-0.4, -0.2) is 42.6 Å². The Kier molecular flexibility index (Phi) is 5.89. The minimum absolute atomic E-state index is 0.0212. The number of carbonyl (C=O) groups excluding carboxylic acids is 2. The van der Waals surface area contributed by atoms with Crippen LogP contribution >= 0.6 is 11.8 Å². The average Bonchev–Trinajstić information content (AvgIpc) is 2.35. The van der Waals surface area contributed by atoms with Crippen LogP contribution in [0, 0.1) is 0 Å². The van der Waals surface area contributed by atoms with E-state index in [2.05, 4.69) is 5.32 Å². The first-order valence-corrected chi connectivity index (χ1v) is 7.13. The molecule has 2 amide bonds. The number of benzene rings is 1. The highest BCUT2D eigenvalue weighted by atomic mass is 32.2. The van der Waals surface area contributed by atoms with Gasteiger partial charge in [0, 0.05) is 25.0 Å². The Bertz CT molecular complexity index is 459. The lowest BCUT2D eigenvalue weighted by Gasteiger charge is -2.14. The summed E-state index contributed by atoms with van der Waals surface area (Å²) < 4.78 is 0. The molecule has 1 rings (SSSR count). The molecule has 0 fully saturated rings. The first-order valence-electron chi connectivity index (χ1n) is 6.14. The van der Waals surface area contributed by atoms with E-state index >= 15 is 0 Å². The fourth-order valence-electron chi connectivity index (χ4n) is 1.52. The number of carbonyl (C=O) groups is 2. The summed E-state index contributed by atoms with van der Waals surface area (Å²) in [5.74, 6) is 0.245. The Balaban J connectivity index is 2.74. The molecule has 0 heterocycles. The first-order chi connectivity index (χ1) is 8.91. The maximum atomic E-state index is 12.0. The molecule has 1 aromatic rings. The van der Waals surface area contributed by atoms with Crippen molar-refractivity contribution in [1.82, 2.24) is 10.2 Å². The van der Waals surface area contributed by atoms with Gasteiger partial charge in [-0.15, -0.1) is 11.8 Å². The molecule has 0 aliphatic carbocycles. The van der Waals surface area contributed by atoms with Crippen LogP contribution in [0.5, 0.6) is 0 Å². The van der Waals surface area contributed by atoms with Crippen molar-refractivity contribution in [2.24, 2.45) is 0 Å². The third-order valence-corrected chi connectivity index (χ3v) is 3.41. The van der Waals surface area contributed by atoms with Gasteiger partial charge in [0.2, 0.25) is 5.91 Å². The number of nitrogens with one attached hydrogen (secondary N) is 1. The van der Waals surface area contributed by atoms with Crippen LogP contribution in [0.25, 0.3) is 0 Å². The lowest BCUT2D eigenvalue weighted by atomic mass is 10.2. The van der Waals surface area contributed by atoms with Gasteiger partial charge in [-0.05, 0) is 26.0 Å². The number of hydrogen-bond acceptors (Lipinski definition) is 3. The number of rotatable bonds is 5. The van der Waals surface area contributed by atoms with Crippen LogP contribution in [0.2, 0.25) is 0 Å². The summed E-state index contributed by atoms with van der Waals surface area (Å²) in [4.78, 5) is 26.0. The quantitative estimate of drug-likeness (QED) is 0.839. The summed E-state index contributed by atoms with van der Waals surface area (Å²) in [5.41, 5.74) is 0.634. The molecule has 0 radical (unpaired) electrons. The smallest absolute Gasteiger partial charge is 0.254 e. The lowest BCUT2D eigenvalue weighted by Crippen LogP contribution is -2.31. The summed E-state index contributed by atoms with van der Waals surface area (Å²) in [5, 5.41) is 2.83. The van der Waals surface area contributed by atoms with Crippen LogP contribution in [0.1, 0.15) is 24.2 Å². The lowest BCUT2D eigenvalue weighted by molar-refractivity contribution is -0.119. The number of thioether (sulfide) groups is 1. The molecule has 0 aliphatic heterocycles. The van der Waals surface area contributed by atoms with Gasteiger partial charge in [-0.2, -0.15) is 0 Å². The Labute approximate surface area is 118 Å². The second-order valence-corrected chi connectivity index (χ2v) is 5.72. The monoisotopic (exact) mass is 280 g/mol.